The Kier molecular flexibility index (Phi) is 7.21. The molecule has 0 aliphatic carbocycles. The van der Waals surface area contributed by atoms with Gasteiger partial charge in [0.15, 0.2) is 0 Å². The highest BCUT2D eigenvalue weighted by atomic mass is 79.9. The second-order valence-corrected chi connectivity index (χ2v) is 7.69. The average molecular weight is 405 g/mol. The molecule has 0 unspecified atom stereocenters. The van der Waals surface area contributed by atoms with Crippen LogP contribution in [0, 0.1) is 0 Å². The van der Waals surface area contributed by atoms with Gasteiger partial charge in [-0.15, -0.1) is 11.8 Å². The van der Waals surface area contributed by atoms with Gasteiger partial charge in [0.05, 0.1) is 7.11 Å². The third-order valence-electron chi connectivity index (χ3n) is 2.55. The summed E-state index contributed by atoms with van der Waals surface area (Å²) in [5, 5.41) is 2.52. The first-order chi connectivity index (χ1) is 10.6. The molecule has 0 aliphatic heterocycles. The van der Waals surface area contributed by atoms with Crippen LogP contribution in [0.2, 0.25) is 0 Å². The van der Waals surface area contributed by atoms with Crippen LogP contribution in [0.15, 0.2) is 27.6 Å². The number of benzene rings is 1. The van der Waals surface area contributed by atoms with Crippen LogP contribution in [-0.4, -0.2) is 36.6 Å². The number of amides is 1. The quantitative estimate of drug-likeness (QED) is 0.444. The van der Waals surface area contributed by atoms with Crippen LogP contribution in [-0.2, 0) is 14.3 Å². The van der Waals surface area contributed by atoms with Crippen molar-refractivity contribution in [3.63, 3.8) is 0 Å². The van der Waals surface area contributed by atoms with E-state index in [0.717, 1.165) is 9.37 Å². The summed E-state index contributed by atoms with van der Waals surface area (Å²) in [5.41, 5.74) is 5.87. The first kappa shape index (κ1) is 19.6. The maximum Gasteiger partial charge on any atom is 0.408 e. The lowest BCUT2D eigenvalue weighted by Crippen LogP contribution is -2.45. The number of nitrogen functional groups attached to an aromatic ring is 1. The van der Waals surface area contributed by atoms with E-state index in [2.05, 4.69) is 21.2 Å². The van der Waals surface area contributed by atoms with Crippen molar-refractivity contribution in [1.82, 2.24) is 5.32 Å². The number of thioether (sulfide) groups is 1. The van der Waals surface area contributed by atoms with Crippen LogP contribution in [0.5, 0.6) is 0 Å². The van der Waals surface area contributed by atoms with E-state index in [-0.39, 0.29) is 5.75 Å². The van der Waals surface area contributed by atoms with Crippen LogP contribution >= 0.6 is 27.7 Å². The molecule has 8 heteroatoms. The minimum Gasteiger partial charge on any atom is -0.467 e. The molecular formula is C15H21BrN2O4S. The molecule has 0 saturated heterocycles. The van der Waals surface area contributed by atoms with Gasteiger partial charge < -0.3 is 20.5 Å². The number of anilines is 1. The van der Waals surface area contributed by atoms with Crippen molar-refractivity contribution in [2.75, 3.05) is 18.6 Å². The third-order valence-corrected chi connectivity index (χ3v) is 4.23. The highest BCUT2D eigenvalue weighted by molar-refractivity contribution is 9.10. The number of rotatable bonds is 5. The van der Waals surface area contributed by atoms with E-state index < -0.39 is 23.7 Å². The summed E-state index contributed by atoms with van der Waals surface area (Å²) < 4.78 is 10.7. The molecule has 3 N–H and O–H groups in total. The molecule has 0 aromatic heterocycles. The smallest absolute Gasteiger partial charge is 0.408 e. The predicted octanol–water partition coefficient (Wildman–Crippen LogP) is 3.19. The van der Waals surface area contributed by atoms with Gasteiger partial charge in [0.2, 0.25) is 0 Å². The van der Waals surface area contributed by atoms with Gasteiger partial charge in [-0.05, 0) is 39.0 Å². The number of halogens is 1. The SMILES string of the molecule is COC(=O)[C@H](CSc1ccc(Br)cc1N)NC(=O)OC(C)(C)C. The van der Waals surface area contributed by atoms with Crippen molar-refractivity contribution in [2.24, 2.45) is 0 Å². The Balaban J connectivity index is 2.71. The molecule has 1 aromatic carbocycles. The number of nitrogens with one attached hydrogen (secondary N) is 1. The molecule has 0 heterocycles. The lowest BCUT2D eigenvalue weighted by molar-refractivity contribution is -0.142. The molecule has 0 spiro atoms. The Hall–Kier alpha value is -1.41. The van der Waals surface area contributed by atoms with Crippen LogP contribution in [0.25, 0.3) is 0 Å². The second kappa shape index (κ2) is 8.44. The molecule has 1 rings (SSSR count). The summed E-state index contributed by atoms with van der Waals surface area (Å²) >= 11 is 4.68. The van der Waals surface area contributed by atoms with Crippen molar-refractivity contribution in [3.8, 4) is 0 Å². The van der Waals surface area contributed by atoms with E-state index in [1.807, 2.05) is 12.1 Å². The predicted molar refractivity (Wildman–Crippen MR) is 94.5 cm³/mol. The van der Waals surface area contributed by atoms with Gasteiger partial charge in [0.25, 0.3) is 0 Å². The summed E-state index contributed by atoms with van der Waals surface area (Å²) in [6.45, 7) is 5.24. The van der Waals surface area contributed by atoms with E-state index in [9.17, 15) is 9.59 Å². The Morgan fingerprint density at radius 2 is 2.04 bits per heavy atom. The van der Waals surface area contributed by atoms with Crippen molar-refractivity contribution in [2.45, 2.75) is 37.3 Å². The van der Waals surface area contributed by atoms with Crippen molar-refractivity contribution < 1.29 is 19.1 Å². The van der Waals surface area contributed by atoms with E-state index in [0.29, 0.717) is 5.69 Å². The summed E-state index contributed by atoms with van der Waals surface area (Å²) in [5.74, 6) is -0.267. The van der Waals surface area contributed by atoms with Crippen LogP contribution in [0.4, 0.5) is 10.5 Å². The highest BCUT2D eigenvalue weighted by Crippen LogP contribution is 2.28. The number of hydrogen-bond acceptors (Lipinski definition) is 6. The molecule has 0 aliphatic rings. The fourth-order valence-corrected chi connectivity index (χ4v) is 2.92. The maximum atomic E-state index is 11.8. The zero-order chi connectivity index (χ0) is 17.6. The maximum absolute atomic E-state index is 11.8. The van der Waals surface area contributed by atoms with Crippen molar-refractivity contribution in [3.05, 3.63) is 22.7 Å². The summed E-state index contributed by atoms with van der Waals surface area (Å²) in [6, 6.07) is 4.64. The zero-order valence-corrected chi connectivity index (χ0v) is 15.9. The van der Waals surface area contributed by atoms with Gasteiger partial charge >= 0.3 is 12.1 Å². The number of methoxy groups -OCH3 is 1. The van der Waals surface area contributed by atoms with Gasteiger partial charge in [0.1, 0.15) is 11.6 Å². The normalized spacial score (nSPS) is 12.4. The van der Waals surface area contributed by atoms with Crippen LogP contribution < -0.4 is 11.1 Å². The summed E-state index contributed by atoms with van der Waals surface area (Å²) in [7, 11) is 1.27. The number of carbonyl (C=O) groups excluding carboxylic acids is 2. The van der Waals surface area contributed by atoms with E-state index in [1.54, 1.807) is 26.8 Å². The first-order valence-electron chi connectivity index (χ1n) is 6.87. The molecule has 0 saturated carbocycles. The molecule has 1 aromatic rings. The standard InChI is InChI=1S/C15H21BrN2O4S/c1-15(2,3)22-14(20)18-11(13(19)21-4)8-23-12-6-5-9(16)7-10(12)17/h5-7,11H,8,17H2,1-4H3,(H,18,20)/t11-/m0/s1. The number of nitrogens with two attached hydrogens (primary N) is 1. The zero-order valence-electron chi connectivity index (χ0n) is 13.5. The minimum absolute atomic E-state index is 0.276. The molecule has 0 fully saturated rings. The topological polar surface area (TPSA) is 90.6 Å². The number of carbonyl (C=O) groups is 2. The highest BCUT2D eigenvalue weighted by Gasteiger charge is 2.25. The Morgan fingerprint density at radius 3 is 2.57 bits per heavy atom. The lowest BCUT2D eigenvalue weighted by Gasteiger charge is -2.22. The average Bonchev–Trinajstić information content (AvgIpc) is 2.42. The number of hydrogen-bond donors (Lipinski definition) is 2. The van der Waals surface area contributed by atoms with Crippen LogP contribution in [0.3, 0.4) is 0 Å². The van der Waals surface area contributed by atoms with Gasteiger partial charge in [0, 0.05) is 20.8 Å². The number of ether oxygens (including phenoxy) is 2. The molecule has 128 valence electrons. The number of esters is 1. The second-order valence-electron chi connectivity index (χ2n) is 5.72. The third kappa shape index (κ3) is 7.13. The van der Waals surface area contributed by atoms with Crippen molar-refractivity contribution in [1.29, 1.82) is 0 Å². The first-order valence-corrected chi connectivity index (χ1v) is 8.65. The fourth-order valence-electron chi connectivity index (χ4n) is 1.58. The van der Waals surface area contributed by atoms with Gasteiger partial charge in [-0.2, -0.15) is 0 Å². The molecular weight excluding hydrogens is 384 g/mol. The molecule has 1 atom stereocenters. The largest absolute Gasteiger partial charge is 0.467 e. The Bertz CT molecular complexity index is 575. The monoisotopic (exact) mass is 404 g/mol. The van der Waals surface area contributed by atoms with E-state index in [1.165, 1.54) is 18.9 Å². The number of alkyl carbamates (subject to hydrolysis) is 1. The van der Waals surface area contributed by atoms with E-state index in [4.69, 9.17) is 15.2 Å². The summed E-state index contributed by atoms with van der Waals surface area (Å²) in [6.07, 6.45) is -0.669. The van der Waals surface area contributed by atoms with Gasteiger partial charge in [-0.1, -0.05) is 15.9 Å². The van der Waals surface area contributed by atoms with Gasteiger partial charge in [-0.3, -0.25) is 0 Å². The van der Waals surface area contributed by atoms with Crippen LogP contribution in [0.1, 0.15) is 20.8 Å². The van der Waals surface area contributed by atoms with Crippen molar-refractivity contribution >= 4 is 45.4 Å². The molecule has 23 heavy (non-hydrogen) atoms. The summed E-state index contributed by atoms with van der Waals surface area (Å²) in [4.78, 5) is 24.5. The minimum atomic E-state index is -0.831. The Labute approximate surface area is 148 Å². The Morgan fingerprint density at radius 1 is 1.39 bits per heavy atom. The molecule has 0 bridgehead atoms. The van der Waals surface area contributed by atoms with Gasteiger partial charge in [-0.25, -0.2) is 9.59 Å². The van der Waals surface area contributed by atoms with E-state index >= 15 is 0 Å². The molecule has 6 nitrogen and oxygen atoms in total. The fraction of sp³-hybridized carbons (Fsp3) is 0.467. The molecule has 1 amide bonds. The molecule has 0 radical (unpaired) electrons. The lowest BCUT2D eigenvalue weighted by atomic mass is 10.2.